The quantitative estimate of drug-likeness (QED) is 0.765. The van der Waals surface area contributed by atoms with E-state index >= 15 is 0 Å². The lowest BCUT2D eigenvalue weighted by molar-refractivity contribution is 0.579. The zero-order valence-electron chi connectivity index (χ0n) is 10.1. The molecule has 17 heavy (non-hydrogen) atoms. The molecular formula is C12H20N2O2S. The topological polar surface area (TPSA) is 72.2 Å². The maximum absolute atomic E-state index is 11.5. The van der Waals surface area contributed by atoms with Crippen molar-refractivity contribution >= 4 is 10.0 Å². The molecule has 0 heterocycles. The third-order valence-corrected chi connectivity index (χ3v) is 3.95. The number of aryl methyl sites for hydroxylation is 1. The second-order valence-electron chi connectivity index (χ2n) is 3.95. The van der Waals surface area contributed by atoms with Crippen molar-refractivity contribution in [2.75, 3.05) is 12.3 Å². The van der Waals surface area contributed by atoms with Crippen LogP contribution in [0.4, 0.5) is 0 Å². The van der Waals surface area contributed by atoms with E-state index in [1.54, 1.807) is 0 Å². The highest BCUT2D eigenvalue weighted by atomic mass is 32.2. The minimum Gasteiger partial charge on any atom is -0.330 e. The Bertz CT molecular complexity index is 426. The van der Waals surface area contributed by atoms with Gasteiger partial charge in [0.25, 0.3) is 0 Å². The Hall–Kier alpha value is -0.910. The first kappa shape index (κ1) is 14.2. The first-order valence-electron chi connectivity index (χ1n) is 5.82. The van der Waals surface area contributed by atoms with Gasteiger partial charge in [-0.1, -0.05) is 31.2 Å². The average Bonchev–Trinajstić information content (AvgIpc) is 2.35. The number of sulfonamides is 1. The van der Waals surface area contributed by atoms with E-state index in [2.05, 4.69) is 11.6 Å². The number of hydrogen-bond donors (Lipinski definition) is 2. The van der Waals surface area contributed by atoms with Crippen molar-refractivity contribution < 1.29 is 8.42 Å². The normalized spacial score (nSPS) is 11.6. The Morgan fingerprint density at radius 1 is 1.18 bits per heavy atom. The molecule has 0 bridgehead atoms. The lowest BCUT2D eigenvalue weighted by atomic mass is 10.1. The van der Waals surface area contributed by atoms with Crippen LogP contribution in [0, 0.1) is 0 Å². The molecule has 0 fully saturated rings. The third kappa shape index (κ3) is 5.30. The molecule has 1 aromatic rings. The highest BCUT2D eigenvalue weighted by Gasteiger charge is 2.08. The van der Waals surface area contributed by atoms with Crippen molar-refractivity contribution in [1.82, 2.24) is 4.72 Å². The summed E-state index contributed by atoms with van der Waals surface area (Å²) >= 11 is 0. The van der Waals surface area contributed by atoms with Crippen LogP contribution in [-0.2, 0) is 23.0 Å². The van der Waals surface area contributed by atoms with Crippen LogP contribution in [-0.4, -0.2) is 20.7 Å². The molecule has 0 radical (unpaired) electrons. The molecule has 0 aliphatic rings. The molecule has 3 N–H and O–H groups in total. The average molecular weight is 256 g/mol. The van der Waals surface area contributed by atoms with Crippen LogP contribution < -0.4 is 10.5 Å². The molecule has 0 saturated heterocycles. The van der Waals surface area contributed by atoms with E-state index in [0.29, 0.717) is 19.5 Å². The summed E-state index contributed by atoms with van der Waals surface area (Å²) in [5, 5.41) is 0. The minimum atomic E-state index is -3.19. The fraction of sp³-hybridized carbons (Fsp3) is 0.500. The number of benzene rings is 1. The largest absolute Gasteiger partial charge is 0.330 e. The van der Waals surface area contributed by atoms with Crippen LogP contribution >= 0.6 is 0 Å². The van der Waals surface area contributed by atoms with Crippen molar-refractivity contribution in [1.29, 1.82) is 0 Å². The fourth-order valence-electron chi connectivity index (χ4n) is 1.43. The van der Waals surface area contributed by atoms with E-state index in [-0.39, 0.29) is 5.75 Å². The second-order valence-corrected chi connectivity index (χ2v) is 5.88. The monoisotopic (exact) mass is 256 g/mol. The number of hydrogen-bond acceptors (Lipinski definition) is 3. The summed E-state index contributed by atoms with van der Waals surface area (Å²) in [6.45, 7) is 2.83. The Morgan fingerprint density at radius 2 is 1.76 bits per heavy atom. The summed E-state index contributed by atoms with van der Waals surface area (Å²) in [6.07, 6.45) is 1.48. The van der Waals surface area contributed by atoms with E-state index in [1.165, 1.54) is 5.56 Å². The third-order valence-electron chi connectivity index (χ3n) is 2.54. The van der Waals surface area contributed by atoms with E-state index in [1.807, 2.05) is 24.3 Å². The van der Waals surface area contributed by atoms with Gasteiger partial charge in [-0.15, -0.1) is 0 Å². The van der Waals surface area contributed by atoms with Gasteiger partial charge in [-0.2, -0.15) is 0 Å². The van der Waals surface area contributed by atoms with Crippen molar-refractivity contribution in [3.8, 4) is 0 Å². The van der Waals surface area contributed by atoms with Gasteiger partial charge in [-0.25, -0.2) is 13.1 Å². The minimum absolute atomic E-state index is 0.0938. The van der Waals surface area contributed by atoms with Crippen molar-refractivity contribution in [3.05, 3.63) is 35.4 Å². The van der Waals surface area contributed by atoms with Gasteiger partial charge < -0.3 is 5.73 Å². The van der Waals surface area contributed by atoms with Crippen molar-refractivity contribution in [2.24, 2.45) is 5.73 Å². The molecule has 1 aromatic carbocycles. The predicted molar refractivity (Wildman–Crippen MR) is 70.1 cm³/mol. The molecule has 0 atom stereocenters. The van der Waals surface area contributed by atoms with Crippen LogP contribution in [0.2, 0.25) is 0 Å². The summed E-state index contributed by atoms with van der Waals surface area (Å²) in [4.78, 5) is 0. The number of nitrogens with one attached hydrogen (secondary N) is 1. The van der Waals surface area contributed by atoms with E-state index in [0.717, 1.165) is 12.0 Å². The molecule has 1 rings (SSSR count). The van der Waals surface area contributed by atoms with Crippen LogP contribution in [0.15, 0.2) is 24.3 Å². The Morgan fingerprint density at radius 3 is 2.29 bits per heavy atom. The Labute approximate surface area is 103 Å². The van der Waals surface area contributed by atoms with Crippen LogP contribution in [0.25, 0.3) is 0 Å². The summed E-state index contributed by atoms with van der Waals surface area (Å²) in [5.41, 5.74) is 7.50. The smallest absolute Gasteiger partial charge is 0.211 e. The van der Waals surface area contributed by atoms with E-state index in [9.17, 15) is 8.42 Å². The van der Waals surface area contributed by atoms with Crippen LogP contribution in [0.1, 0.15) is 24.5 Å². The second kappa shape index (κ2) is 6.74. The summed E-state index contributed by atoms with van der Waals surface area (Å²) in [7, 11) is -3.19. The summed E-state index contributed by atoms with van der Waals surface area (Å²) in [5.74, 6) is 0.0938. The van der Waals surface area contributed by atoms with Gasteiger partial charge in [-0.3, -0.25) is 0 Å². The maximum Gasteiger partial charge on any atom is 0.211 e. The van der Waals surface area contributed by atoms with Crippen molar-refractivity contribution in [3.63, 3.8) is 0 Å². The molecule has 0 aromatic heterocycles. The lowest BCUT2D eigenvalue weighted by Gasteiger charge is -2.06. The zero-order valence-corrected chi connectivity index (χ0v) is 11.0. The van der Waals surface area contributed by atoms with E-state index < -0.39 is 10.0 Å². The van der Waals surface area contributed by atoms with Gasteiger partial charge in [0.15, 0.2) is 0 Å². The molecule has 0 unspecified atom stereocenters. The van der Waals surface area contributed by atoms with Gasteiger partial charge in [0.2, 0.25) is 10.0 Å². The summed E-state index contributed by atoms with van der Waals surface area (Å²) < 4.78 is 25.6. The number of rotatable bonds is 7. The number of nitrogens with two attached hydrogens (primary N) is 1. The van der Waals surface area contributed by atoms with Crippen molar-refractivity contribution in [2.45, 2.75) is 26.3 Å². The molecule has 0 aliphatic heterocycles. The highest BCUT2D eigenvalue weighted by molar-refractivity contribution is 7.89. The Kier molecular flexibility index (Phi) is 5.61. The zero-order chi connectivity index (χ0) is 12.7. The standard InChI is InChI=1S/C12H20N2O2S/c1-2-11-4-6-12(7-5-11)10-14-17(15,16)9-3-8-13/h4-7,14H,2-3,8-10,13H2,1H3. The molecule has 0 saturated carbocycles. The van der Waals surface area contributed by atoms with Crippen LogP contribution in [0.5, 0.6) is 0 Å². The van der Waals surface area contributed by atoms with Crippen LogP contribution in [0.3, 0.4) is 0 Å². The van der Waals surface area contributed by atoms with E-state index in [4.69, 9.17) is 5.73 Å². The first-order valence-corrected chi connectivity index (χ1v) is 7.48. The Balaban J connectivity index is 2.49. The van der Waals surface area contributed by atoms with Gasteiger partial charge in [0, 0.05) is 6.54 Å². The van der Waals surface area contributed by atoms with Gasteiger partial charge >= 0.3 is 0 Å². The summed E-state index contributed by atoms with van der Waals surface area (Å²) in [6, 6.07) is 7.93. The maximum atomic E-state index is 11.5. The molecular weight excluding hydrogens is 236 g/mol. The SMILES string of the molecule is CCc1ccc(CNS(=O)(=O)CCCN)cc1. The predicted octanol–water partition coefficient (Wildman–Crippen LogP) is 1.02. The fourth-order valence-corrected chi connectivity index (χ4v) is 2.51. The molecule has 0 aliphatic carbocycles. The van der Waals surface area contributed by atoms with Gasteiger partial charge in [0.1, 0.15) is 0 Å². The molecule has 4 nitrogen and oxygen atoms in total. The molecule has 96 valence electrons. The highest BCUT2D eigenvalue weighted by Crippen LogP contribution is 2.05. The molecule has 5 heteroatoms. The van der Waals surface area contributed by atoms with Gasteiger partial charge in [0.05, 0.1) is 5.75 Å². The first-order chi connectivity index (χ1) is 8.07. The van der Waals surface area contributed by atoms with Gasteiger partial charge in [-0.05, 0) is 30.5 Å². The molecule has 0 amide bonds. The lowest BCUT2D eigenvalue weighted by Crippen LogP contribution is -2.27. The molecule has 0 spiro atoms.